The van der Waals surface area contributed by atoms with Gasteiger partial charge in [-0.15, -0.1) is 11.3 Å². The highest BCUT2D eigenvalue weighted by atomic mass is 32.1. The molecule has 0 radical (unpaired) electrons. The first kappa shape index (κ1) is 14.0. The van der Waals surface area contributed by atoms with Crippen LogP contribution in [0.15, 0.2) is 17.5 Å². The topological polar surface area (TPSA) is 41.6 Å². The second kappa shape index (κ2) is 6.70. The lowest BCUT2D eigenvalue weighted by Gasteiger charge is -2.24. The molecule has 0 bridgehead atoms. The van der Waals surface area contributed by atoms with Gasteiger partial charge in [-0.2, -0.15) is 0 Å². The third-order valence-corrected chi connectivity index (χ3v) is 4.84. The molecule has 0 spiro atoms. The second-order valence-electron chi connectivity index (χ2n) is 5.75. The van der Waals surface area contributed by atoms with Crippen LogP contribution in [0.3, 0.4) is 0 Å². The number of hydrogen-bond donors (Lipinski definition) is 1. The van der Waals surface area contributed by atoms with Crippen LogP contribution in [-0.2, 0) is 16.1 Å². The minimum Gasteiger partial charge on any atom is -0.381 e. The molecule has 1 aromatic heterocycles. The lowest BCUT2D eigenvalue weighted by Crippen LogP contribution is -2.40. The predicted octanol–water partition coefficient (Wildman–Crippen LogP) is 1.87. The van der Waals surface area contributed by atoms with E-state index < -0.39 is 0 Å². The lowest BCUT2D eigenvalue weighted by atomic mass is 10.1. The van der Waals surface area contributed by atoms with Crippen LogP contribution >= 0.6 is 11.3 Å². The Hall–Kier alpha value is -0.910. The molecular formula is C15H22N2O2S. The fraction of sp³-hybridized carbons (Fsp3) is 0.667. The summed E-state index contributed by atoms with van der Waals surface area (Å²) in [6, 6.07) is 4.70. The van der Waals surface area contributed by atoms with E-state index in [1.165, 1.54) is 17.7 Å². The Morgan fingerprint density at radius 3 is 3.00 bits per heavy atom. The van der Waals surface area contributed by atoms with Gasteiger partial charge in [0, 0.05) is 24.1 Å². The maximum absolute atomic E-state index is 12.1. The molecule has 1 atom stereocenters. The van der Waals surface area contributed by atoms with Crippen LogP contribution in [0.2, 0.25) is 0 Å². The van der Waals surface area contributed by atoms with Crippen molar-refractivity contribution in [3.63, 3.8) is 0 Å². The average molecular weight is 294 g/mol. The van der Waals surface area contributed by atoms with E-state index in [-0.39, 0.29) is 5.91 Å². The summed E-state index contributed by atoms with van der Waals surface area (Å²) >= 11 is 1.68. The van der Waals surface area contributed by atoms with Crippen molar-refractivity contribution in [2.75, 3.05) is 26.3 Å². The van der Waals surface area contributed by atoms with Crippen molar-refractivity contribution in [2.24, 2.45) is 5.92 Å². The van der Waals surface area contributed by atoms with Crippen LogP contribution < -0.4 is 5.32 Å². The molecule has 1 aliphatic carbocycles. The first-order chi connectivity index (χ1) is 9.81. The summed E-state index contributed by atoms with van der Waals surface area (Å²) in [5, 5.41) is 5.06. The van der Waals surface area contributed by atoms with Gasteiger partial charge in [0.05, 0.1) is 19.7 Å². The van der Waals surface area contributed by atoms with E-state index in [1.54, 1.807) is 11.3 Å². The average Bonchev–Trinajstić information content (AvgIpc) is 2.94. The Kier molecular flexibility index (Phi) is 4.70. The summed E-state index contributed by atoms with van der Waals surface area (Å²) in [4.78, 5) is 15.6. The zero-order chi connectivity index (χ0) is 13.8. The summed E-state index contributed by atoms with van der Waals surface area (Å²) < 4.78 is 5.43. The van der Waals surface area contributed by atoms with Crippen LogP contribution in [0.1, 0.15) is 24.1 Å². The number of rotatable bonds is 7. The van der Waals surface area contributed by atoms with Gasteiger partial charge in [-0.25, -0.2) is 0 Å². The van der Waals surface area contributed by atoms with Crippen molar-refractivity contribution in [3.05, 3.63) is 22.4 Å². The molecule has 0 aromatic carbocycles. The van der Waals surface area contributed by atoms with Crippen molar-refractivity contribution >= 4 is 17.2 Å². The van der Waals surface area contributed by atoms with Gasteiger partial charge in [0.1, 0.15) is 0 Å². The third-order valence-electron chi connectivity index (χ3n) is 3.97. The number of carbonyl (C=O) groups excluding carboxylic acids is 1. The Morgan fingerprint density at radius 1 is 1.45 bits per heavy atom. The molecule has 1 amide bonds. The van der Waals surface area contributed by atoms with Gasteiger partial charge < -0.3 is 10.1 Å². The highest BCUT2D eigenvalue weighted by Crippen LogP contribution is 2.28. The number of thiophene rings is 1. The molecule has 1 N–H and O–H groups in total. The fourth-order valence-electron chi connectivity index (χ4n) is 2.68. The van der Waals surface area contributed by atoms with Gasteiger partial charge in [-0.3, -0.25) is 9.69 Å². The number of nitrogens with one attached hydrogen (secondary N) is 1. The minimum absolute atomic E-state index is 0.143. The fourth-order valence-corrected chi connectivity index (χ4v) is 3.33. The van der Waals surface area contributed by atoms with E-state index in [9.17, 15) is 4.79 Å². The highest BCUT2D eigenvalue weighted by Gasteiger charge is 2.32. The second-order valence-corrected chi connectivity index (χ2v) is 6.78. The molecule has 5 heteroatoms. The van der Waals surface area contributed by atoms with Crippen LogP contribution in [0, 0.1) is 5.92 Å². The predicted molar refractivity (Wildman–Crippen MR) is 79.7 cm³/mol. The van der Waals surface area contributed by atoms with Crippen LogP contribution in [0.25, 0.3) is 0 Å². The highest BCUT2D eigenvalue weighted by molar-refractivity contribution is 7.09. The molecule has 1 aliphatic heterocycles. The Bertz CT molecular complexity index is 425. The summed E-state index contributed by atoms with van der Waals surface area (Å²) in [5.74, 6) is 0.755. The molecule has 2 aliphatic rings. The van der Waals surface area contributed by atoms with E-state index >= 15 is 0 Å². The van der Waals surface area contributed by atoms with E-state index in [0.717, 1.165) is 26.2 Å². The largest absolute Gasteiger partial charge is 0.381 e. The summed E-state index contributed by atoms with van der Waals surface area (Å²) in [6.07, 6.45) is 3.62. The molecule has 1 saturated heterocycles. The molecule has 1 aromatic rings. The molecule has 2 fully saturated rings. The molecule has 20 heavy (non-hydrogen) atoms. The Labute approximate surface area is 124 Å². The molecule has 0 unspecified atom stereocenters. The molecule has 4 nitrogen and oxygen atoms in total. The van der Waals surface area contributed by atoms with Gasteiger partial charge in [-0.05, 0) is 36.6 Å². The number of hydrogen-bond acceptors (Lipinski definition) is 4. The summed E-state index contributed by atoms with van der Waals surface area (Å²) in [5.41, 5.74) is 0. The normalized spacial score (nSPS) is 22.4. The molecular weight excluding hydrogens is 272 g/mol. The molecule has 3 rings (SSSR count). The zero-order valence-corrected chi connectivity index (χ0v) is 12.5. The lowest BCUT2D eigenvalue weighted by molar-refractivity contribution is -0.122. The van der Waals surface area contributed by atoms with E-state index in [2.05, 4.69) is 16.3 Å². The van der Waals surface area contributed by atoms with Gasteiger partial charge in [0.15, 0.2) is 0 Å². The van der Waals surface area contributed by atoms with Gasteiger partial charge in [0.2, 0.25) is 5.91 Å². The van der Waals surface area contributed by atoms with Crippen molar-refractivity contribution in [3.8, 4) is 0 Å². The maximum Gasteiger partial charge on any atom is 0.234 e. The van der Waals surface area contributed by atoms with Crippen molar-refractivity contribution < 1.29 is 9.53 Å². The maximum atomic E-state index is 12.1. The van der Waals surface area contributed by atoms with Gasteiger partial charge in [0.25, 0.3) is 0 Å². The first-order valence-corrected chi connectivity index (χ1v) is 8.30. The summed E-state index contributed by atoms with van der Waals surface area (Å²) in [6.45, 7) is 3.94. The minimum atomic E-state index is 0.143. The van der Waals surface area contributed by atoms with Crippen molar-refractivity contribution in [2.45, 2.75) is 31.8 Å². The molecule has 110 valence electrons. The van der Waals surface area contributed by atoms with Gasteiger partial charge >= 0.3 is 0 Å². The third kappa shape index (κ3) is 4.04. The summed E-state index contributed by atoms with van der Waals surface area (Å²) in [7, 11) is 0. The Morgan fingerprint density at radius 2 is 2.35 bits per heavy atom. The zero-order valence-electron chi connectivity index (χ0n) is 11.7. The standard InChI is InChI=1S/C15H22N2O2S/c18-15(16-8-14-2-1-7-20-14)10-17(13-3-4-13)9-12-5-6-19-11-12/h1-2,7,12-13H,3-6,8-11H2,(H,16,18)/t12-/m0/s1. The smallest absolute Gasteiger partial charge is 0.234 e. The molecule has 1 saturated carbocycles. The van der Waals surface area contributed by atoms with Crippen LogP contribution in [0.5, 0.6) is 0 Å². The molecule has 2 heterocycles. The number of ether oxygens (including phenoxy) is 1. The van der Waals surface area contributed by atoms with Crippen molar-refractivity contribution in [1.29, 1.82) is 0 Å². The first-order valence-electron chi connectivity index (χ1n) is 7.42. The monoisotopic (exact) mass is 294 g/mol. The van der Waals surface area contributed by atoms with Crippen LogP contribution in [0.4, 0.5) is 0 Å². The number of carbonyl (C=O) groups is 1. The SMILES string of the molecule is O=C(CN(C[C@@H]1CCOC1)C1CC1)NCc1cccs1. The van der Waals surface area contributed by atoms with Crippen LogP contribution in [-0.4, -0.2) is 43.2 Å². The quantitative estimate of drug-likeness (QED) is 0.834. The number of nitrogens with zero attached hydrogens (tertiary/aromatic N) is 1. The number of amides is 1. The van der Waals surface area contributed by atoms with Gasteiger partial charge in [-0.1, -0.05) is 6.07 Å². The van der Waals surface area contributed by atoms with E-state index in [4.69, 9.17) is 4.74 Å². The van der Waals surface area contributed by atoms with E-state index in [0.29, 0.717) is 25.0 Å². The van der Waals surface area contributed by atoms with E-state index in [1.807, 2.05) is 11.4 Å². The Balaban J connectivity index is 1.44. The van der Waals surface area contributed by atoms with Crippen molar-refractivity contribution in [1.82, 2.24) is 10.2 Å².